The SMILES string of the molecule is CN(C)c1nc(N(Cc2cccc(Cl)c2)C2CCCCC2)nc2ccccc12. The number of fused-ring (bicyclic) bond motifs is 1. The average molecular weight is 395 g/mol. The van der Waals surface area contributed by atoms with E-state index in [1.165, 1.54) is 37.7 Å². The van der Waals surface area contributed by atoms with Crippen LogP contribution < -0.4 is 9.80 Å². The van der Waals surface area contributed by atoms with Gasteiger partial charge in [-0.1, -0.05) is 55.1 Å². The molecule has 0 saturated heterocycles. The monoisotopic (exact) mass is 394 g/mol. The fraction of sp³-hybridized carbons (Fsp3) is 0.391. The first kappa shape index (κ1) is 19.0. The van der Waals surface area contributed by atoms with Gasteiger partial charge in [0.05, 0.1) is 5.52 Å². The van der Waals surface area contributed by atoms with Crippen LogP contribution in [0.4, 0.5) is 11.8 Å². The maximum atomic E-state index is 6.25. The summed E-state index contributed by atoms with van der Waals surface area (Å²) in [5.74, 6) is 1.78. The predicted molar refractivity (Wildman–Crippen MR) is 118 cm³/mol. The Morgan fingerprint density at radius 1 is 0.964 bits per heavy atom. The van der Waals surface area contributed by atoms with E-state index < -0.39 is 0 Å². The van der Waals surface area contributed by atoms with Crippen LogP contribution >= 0.6 is 11.6 Å². The van der Waals surface area contributed by atoms with Gasteiger partial charge in [-0.2, -0.15) is 4.98 Å². The predicted octanol–water partition coefficient (Wildman–Crippen LogP) is 5.69. The Morgan fingerprint density at radius 3 is 2.50 bits per heavy atom. The van der Waals surface area contributed by atoms with E-state index >= 15 is 0 Å². The first-order valence-electron chi connectivity index (χ1n) is 10.1. The highest BCUT2D eigenvalue weighted by Crippen LogP contribution is 2.31. The van der Waals surface area contributed by atoms with Crippen LogP contribution in [0.15, 0.2) is 48.5 Å². The molecule has 1 heterocycles. The number of hydrogen-bond donors (Lipinski definition) is 0. The molecule has 5 heteroatoms. The number of rotatable bonds is 5. The van der Waals surface area contributed by atoms with E-state index in [0.717, 1.165) is 34.2 Å². The Bertz CT molecular complexity index is 950. The van der Waals surface area contributed by atoms with E-state index in [9.17, 15) is 0 Å². The van der Waals surface area contributed by atoms with Gasteiger partial charge in [0.2, 0.25) is 5.95 Å². The number of halogens is 1. The Labute approximate surface area is 172 Å². The van der Waals surface area contributed by atoms with Gasteiger partial charge in [0.25, 0.3) is 0 Å². The number of para-hydroxylation sites is 1. The Kier molecular flexibility index (Phi) is 5.67. The molecule has 1 saturated carbocycles. The molecule has 4 nitrogen and oxygen atoms in total. The van der Waals surface area contributed by atoms with Crippen molar-refractivity contribution in [2.45, 2.75) is 44.7 Å². The van der Waals surface area contributed by atoms with Crippen molar-refractivity contribution in [2.75, 3.05) is 23.9 Å². The van der Waals surface area contributed by atoms with Gasteiger partial charge in [-0.15, -0.1) is 0 Å². The van der Waals surface area contributed by atoms with Crippen LogP contribution in [0.25, 0.3) is 10.9 Å². The Hall–Kier alpha value is -2.33. The highest BCUT2D eigenvalue weighted by molar-refractivity contribution is 6.30. The average Bonchev–Trinajstić information content (AvgIpc) is 2.72. The molecule has 0 N–H and O–H groups in total. The van der Waals surface area contributed by atoms with E-state index in [-0.39, 0.29) is 0 Å². The summed E-state index contributed by atoms with van der Waals surface area (Å²) in [5.41, 5.74) is 2.18. The van der Waals surface area contributed by atoms with Crippen molar-refractivity contribution in [3.8, 4) is 0 Å². The van der Waals surface area contributed by atoms with E-state index in [1.54, 1.807) is 0 Å². The van der Waals surface area contributed by atoms with Crippen LogP contribution in [0.5, 0.6) is 0 Å². The smallest absolute Gasteiger partial charge is 0.228 e. The molecule has 0 radical (unpaired) electrons. The van der Waals surface area contributed by atoms with Crippen LogP contribution in [0.3, 0.4) is 0 Å². The van der Waals surface area contributed by atoms with Crippen molar-refractivity contribution in [3.63, 3.8) is 0 Å². The highest BCUT2D eigenvalue weighted by Gasteiger charge is 2.25. The lowest BCUT2D eigenvalue weighted by Gasteiger charge is -2.35. The van der Waals surface area contributed by atoms with Crippen molar-refractivity contribution in [3.05, 3.63) is 59.1 Å². The van der Waals surface area contributed by atoms with Crippen LogP contribution in [-0.4, -0.2) is 30.1 Å². The molecule has 1 fully saturated rings. The van der Waals surface area contributed by atoms with Gasteiger partial charge >= 0.3 is 0 Å². The molecule has 1 aliphatic carbocycles. The van der Waals surface area contributed by atoms with E-state index in [1.807, 2.05) is 44.4 Å². The second kappa shape index (κ2) is 8.36. The molecule has 1 aromatic heterocycles. The molecule has 2 aromatic carbocycles. The molecule has 1 aliphatic rings. The number of nitrogens with zero attached hydrogens (tertiary/aromatic N) is 4. The zero-order valence-electron chi connectivity index (χ0n) is 16.6. The third-order valence-electron chi connectivity index (χ3n) is 5.51. The van der Waals surface area contributed by atoms with Crippen molar-refractivity contribution in [2.24, 2.45) is 0 Å². The van der Waals surface area contributed by atoms with Gasteiger partial charge in [-0.25, -0.2) is 4.98 Å². The summed E-state index contributed by atoms with van der Waals surface area (Å²) in [4.78, 5) is 14.4. The summed E-state index contributed by atoms with van der Waals surface area (Å²) < 4.78 is 0. The lowest BCUT2D eigenvalue weighted by molar-refractivity contribution is 0.409. The maximum Gasteiger partial charge on any atom is 0.228 e. The summed E-state index contributed by atoms with van der Waals surface area (Å²) in [6.45, 7) is 0.774. The van der Waals surface area contributed by atoms with Gasteiger partial charge in [-0.3, -0.25) is 0 Å². The number of hydrogen-bond acceptors (Lipinski definition) is 4. The van der Waals surface area contributed by atoms with Gasteiger partial charge in [-0.05, 0) is 42.7 Å². The Balaban J connectivity index is 1.79. The third kappa shape index (κ3) is 4.07. The van der Waals surface area contributed by atoms with E-state index in [4.69, 9.17) is 21.6 Å². The second-order valence-corrected chi connectivity index (χ2v) is 8.24. The molecule has 0 spiro atoms. The molecule has 0 bridgehead atoms. The first-order chi connectivity index (χ1) is 13.6. The van der Waals surface area contributed by atoms with Gasteiger partial charge in [0.1, 0.15) is 5.82 Å². The normalized spacial score (nSPS) is 15.0. The van der Waals surface area contributed by atoms with Gasteiger partial charge < -0.3 is 9.80 Å². The zero-order valence-corrected chi connectivity index (χ0v) is 17.4. The summed E-state index contributed by atoms with van der Waals surface area (Å²) in [5, 5.41) is 1.86. The minimum absolute atomic E-state index is 0.462. The topological polar surface area (TPSA) is 32.3 Å². The fourth-order valence-electron chi connectivity index (χ4n) is 4.11. The Morgan fingerprint density at radius 2 is 1.75 bits per heavy atom. The maximum absolute atomic E-state index is 6.25. The summed E-state index contributed by atoms with van der Waals surface area (Å²) >= 11 is 6.25. The molecular weight excluding hydrogens is 368 g/mol. The number of aromatic nitrogens is 2. The zero-order chi connectivity index (χ0) is 19.5. The lowest BCUT2D eigenvalue weighted by Crippen LogP contribution is -2.37. The van der Waals surface area contributed by atoms with Gasteiger partial charge in [0.15, 0.2) is 0 Å². The highest BCUT2D eigenvalue weighted by atomic mass is 35.5. The van der Waals surface area contributed by atoms with Gasteiger partial charge in [0, 0.05) is 37.1 Å². The van der Waals surface area contributed by atoms with Crippen molar-refractivity contribution >= 4 is 34.3 Å². The largest absolute Gasteiger partial charge is 0.362 e. The number of benzene rings is 2. The number of anilines is 2. The van der Waals surface area contributed by atoms with E-state index in [0.29, 0.717) is 6.04 Å². The minimum Gasteiger partial charge on any atom is -0.362 e. The molecule has 146 valence electrons. The molecule has 0 aliphatic heterocycles. The first-order valence-corrected chi connectivity index (χ1v) is 10.4. The third-order valence-corrected chi connectivity index (χ3v) is 5.74. The minimum atomic E-state index is 0.462. The molecule has 28 heavy (non-hydrogen) atoms. The van der Waals surface area contributed by atoms with Crippen molar-refractivity contribution < 1.29 is 0 Å². The van der Waals surface area contributed by atoms with Crippen LogP contribution in [-0.2, 0) is 6.54 Å². The molecule has 3 aromatic rings. The molecule has 0 unspecified atom stereocenters. The van der Waals surface area contributed by atoms with Crippen molar-refractivity contribution in [1.82, 2.24) is 9.97 Å². The van der Waals surface area contributed by atoms with Crippen LogP contribution in [0.1, 0.15) is 37.7 Å². The van der Waals surface area contributed by atoms with Crippen LogP contribution in [0.2, 0.25) is 5.02 Å². The lowest BCUT2D eigenvalue weighted by atomic mass is 9.94. The molecular formula is C23H27ClN4. The van der Waals surface area contributed by atoms with Crippen LogP contribution in [0, 0.1) is 0 Å². The molecule has 4 rings (SSSR count). The summed E-state index contributed by atoms with van der Waals surface area (Å²) in [6.07, 6.45) is 6.24. The van der Waals surface area contributed by atoms with E-state index in [2.05, 4.69) is 28.0 Å². The fourth-order valence-corrected chi connectivity index (χ4v) is 4.32. The quantitative estimate of drug-likeness (QED) is 0.556. The molecule has 0 amide bonds. The standard InChI is InChI=1S/C23H27ClN4/c1-27(2)22-20-13-6-7-14-21(20)25-23(26-22)28(19-11-4-3-5-12-19)16-17-9-8-10-18(24)15-17/h6-10,13-15,19H,3-5,11-12,16H2,1-2H3. The second-order valence-electron chi connectivity index (χ2n) is 7.81. The summed E-state index contributed by atoms with van der Waals surface area (Å²) in [6, 6.07) is 16.8. The van der Waals surface area contributed by atoms with Crippen molar-refractivity contribution in [1.29, 1.82) is 0 Å². The summed E-state index contributed by atoms with van der Waals surface area (Å²) in [7, 11) is 4.08. The molecule has 0 atom stereocenters.